The molecule has 112 valence electrons. The average molecular weight is 317 g/mol. The summed E-state index contributed by atoms with van der Waals surface area (Å²) < 4.78 is 13.5. The van der Waals surface area contributed by atoms with E-state index in [-0.39, 0.29) is 0 Å². The molecule has 2 fully saturated rings. The van der Waals surface area contributed by atoms with Crippen molar-refractivity contribution in [3.8, 4) is 0 Å². The van der Waals surface area contributed by atoms with E-state index in [4.69, 9.17) is 8.23 Å². The van der Waals surface area contributed by atoms with Crippen molar-refractivity contribution in [1.29, 1.82) is 0 Å². The maximum Gasteiger partial charge on any atom is 0.317 e. The Morgan fingerprint density at radius 2 is 1.26 bits per heavy atom. The second-order valence-corrected chi connectivity index (χ2v) is 21.6. The molecule has 2 aliphatic carbocycles. The molecular formula is C14H32O2Si3. The first-order valence-corrected chi connectivity index (χ1v) is 17.1. The van der Waals surface area contributed by atoms with Crippen LogP contribution >= 0.6 is 0 Å². The molecule has 0 aromatic rings. The fourth-order valence-corrected chi connectivity index (χ4v) is 17.7. The van der Waals surface area contributed by atoms with Gasteiger partial charge in [0.05, 0.1) is 0 Å². The predicted molar refractivity (Wildman–Crippen MR) is 89.7 cm³/mol. The van der Waals surface area contributed by atoms with Gasteiger partial charge in [0.2, 0.25) is 0 Å². The van der Waals surface area contributed by atoms with Crippen molar-refractivity contribution in [2.24, 2.45) is 11.8 Å². The minimum absolute atomic E-state index is 0.768. The summed E-state index contributed by atoms with van der Waals surface area (Å²) in [4.78, 5) is 0. The lowest BCUT2D eigenvalue weighted by Gasteiger charge is -2.44. The van der Waals surface area contributed by atoms with Gasteiger partial charge >= 0.3 is 8.56 Å². The van der Waals surface area contributed by atoms with E-state index in [1.807, 2.05) is 0 Å². The van der Waals surface area contributed by atoms with Crippen LogP contribution in [0.25, 0.3) is 0 Å². The highest BCUT2D eigenvalue weighted by atomic mass is 28.5. The molecule has 0 spiro atoms. The summed E-state index contributed by atoms with van der Waals surface area (Å²) >= 11 is 0. The molecule has 3 atom stereocenters. The van der Waals surface area contributed by atoms with Gasteiger partial charge in [-0.1, -0.05) is 12.8 Å². The van der Waals surface area contributed by atoms with E-state index >= 15 is 0 Å². The lowest BCUT2D eigenvalue weighted by molar-refractivity contribution is 0.324. The Balaban J connectivity index is 2.18. The molecule has 0 aromatic heterocycles. The molecule has 2 nitrogen and oxygen atoms in total. The van der Waals surface area contributed by atoms with Gasteiger partial charge in [-0.25, -0.2) is 0 Å². The molecule has 0 amide bonds. The molecule has 0 N–H and O–H groups in total. The van der Waals surface area contributed by atoms with Crippen molar-refractivity contribution in [3.63, 3.8) is 0 Å². The van der Waals surface area contributed by atoms with Crippen molar-refractivity contribution in [2.75, 3.05) is 0 Å². The first kappa shape index (κ1) is 16.0. The Labute approximate surface area is 122 Å². The Kier molecular flexibility index (Phi) is 4.27. The SMILES string of the molecule is C[Si](C)(C)O[Si](C)(O[Si](C)(C)C)C1CC2CCC1C2. The molecule has 19 heavy (non-hydrogen) atoms. The smallest absolute Gasteiger partial charge is 0.317 e. The molecule has 0 aromatic carbocycles. The fourth-order valence-electron chi connectivity index (χ4n) is 4.28. The lowest BCUT2D eigenvalue weighted by Crippen LogP contribution is -2.56. The highest BCUT2D eigenvalue weighted by molar-refractivity contribution is 6.88. The summed E-state index contributed by atoms with van der Waals surface area (Å²) in [6.45, 7) is 16.3. The second kappa shape index (κ2) is 5.09. The first-order valence-electron chi connectivity index (χ1n) is 7.89. The van der Waals surface area contributed by atoms with Crippen LogP contribution < -0.4 is 0 Å². The maximum absolute atomic E-state index is 6.73. The molecule has 0 radical (unpaired) electrons. The monoisotopic (exact) mass is 316 g/mol. The molecule has 3 unspecified atom stereocenters. The molecule has 2 saturated carbocycles. The number of hydrogen-bond acceptors (Lipinski definition) is 2. The number of fused-ring (bicyclic) bond motifs is 2. The molecule has 2 aliphatic rings. The molecular weight excluding hydrogens is 284 g/mol. The van der Waals surface area contributed by atoms with Crippen LogP contribution in [0.3, 0.4) is 0 Å². The summed E-state index contributed by atoms with van der Waals surface area (Å²) in [5.74, 6) is 1.90. The average Bonchev–Trinajstić information content (AvgIpc) is 2.70. The third-order valence-electron chi connectivity index (χ3n) is 4.43. The Bertz CT molecular complexity index is 317. The van der Waals surface area contributed by atoms with Gasteiger partial charge in [-0.15, -0.1) is 0 Å². The minimum Gasteiger partial charge on any atom is -0.436 e. The molecule has 0 aliphatic heterocycles. The standard InChI is InChI=1S/C14H32O2Si3/c1-17(2,3)15-19(7,16-18(4,5)6)14-11-12-8-9-13(14)10-12/h12-14H,8-11H2,1-7H3. The quantitative estimate of drug-likeness (QED) is 0.668. The van der Waals surface area contributed by atoms with Gasteiger partial charge in [0, 0.05) is 5.54 Å². The molecule has 2 rings (SSSR count). The Morgan fingerprint density at radius 1 is 0.737 bits per heavy atom. The van der Waals surface area contributed by atoms with Gasteiger partial charge in [-0.3, -0.25) is 0 Å². The van der Waals surface area contributed by atoms with Gasteiger partial charge < -0.3 is 8.23 Å². The van der Waals surface area contributed by atoms with Crippen molar-refractivity contribution in [1.82, 2.24) is 0 Å². The van der Waals surface area contributed by atoms with E-state index in [9.17, 15) is 0 Å². The van der Waals surface area contributed by atoms with E-state index in [2.05, 4.69) is 45.8 Å². The third-order valence-corrected chi connectivity index (χ3v) is 14.6. The van der Waals surface area contributed by atoms with E-state index < -0.39 is 25.2 Å². The van der Waals surface area contributed by atoms with Crippen molar-refractivity contribution in [2.45, 2.75) is 77.1 Å². The molecule has 2 bridgehead atoms. The summed E-state index contributed by atoms with van der Waals surface area (Å²) in [6.07, 6.45) is 5.74. The molecule has 5 heteroatoms. The minimum atomic E-state index is -2.02. The van der Waals surface area contributed by atoms with Gasteiger partial charge in [0.1, 0.15) is 0 Å². The number of hydrogen-bond donors (Lipinski definition) is 0. The topological polar surface area (TPSA) is 18.5 Å². The van der Waals surface area contributed by atoms with E-state index in [1.54, 1.807) is 0 Å². The predicted octanol–water partition coefficient (Wildman–Crippen LogP) is 4.95. The largest absolute Gasteiger partial charge is 0.436 e. The van der Waals surface area contributed by atoms with Gasteiger partial charge in [-0.2, -0.15) is 0 Å². The van der Waals surface area contributed by atoms with Crippen molar-refractivity contribution >= 4 is 25.2 Å². The highest BCUT2D eigenvalue weighted by Gasteiger charge is 2.54. The van der Waals surface area contributed by atoms with Crippen LogP contribution in [0.4, 0.5) is 0 Å². The third kappa shape index (κ3) is 4.03. The highest BCUT2D eigenvalue weighted by Crippen LogP contribution is 2.56. The molecule has 0 heterocycles. The zero-order chi connectivity index (χ0) is 14.5. The summed E-state index contributed by atoms with van der Waals surface area (Å²) in [5.41, 5.74) is 0.768. The van der Waals surface area contributed by atoms with Gasteiger partial charge in [-0.05, 0) is 70.5 Å². The zero-order valence-electron chi connectivity index (χ0n) is 13.9. The first-order chi connectivity index (χ1) is 8.49. The van der Waals surface area contributed by atoms with E-state index in [0.29, 0.717) is 0 Å². The van der Waals surface area contributed by atoms with Gasteiger partial charge in [0.25, 0.3) is 0 Å². The number of rotatable bonds is 5. The van der Waals surface area contributed by atoms with Crippen LogP contribution in [0.5, 0.6) is 0 Å². The van der Waals surface area contributed by atoms with Crippen LogP contribution in [0, 0.1) is 11.8 Å². The Morgan fingerprint density at radius 3 is 1.58 bits per heavy atom. The Hall–Kier alpha value is 0.571. The summed E-state index contributed by atoms with van der Waals surface area (Å²) in [7, 11) is -5.07. The molecule has 0 saturated heterocycles. The zero-order valence-corrected chi connectivity index (χ0v) is 16.9. The normalized spacial score (nSPS) is 32.1. The van der Waals surface area contributed by atoms with Crippen LogP contribution in [0.2, 0.25) is 51.4 Å². The van der Waals surface area contributed by atoms with Crippen molar-refractivity contribution in [3.05, 3.63) is 0 Å². The van der Waals surface area contributed by atoms with Crippen molar-refractivity contribution < 1.29 is 8.23 Å². The van der Waals surface area contributed by atoms with Crippen LogP contribution in [-0.4, -0.2) is 25.2 Å². The van der Waals surface area contributed by atoms with Gasteiger partial charge in [0.15, 0.2) is 16.6 Å². The fraction of sp³-hybridized carbons (Fsp3) is 1.00. The van der Waals surface area contributed by atoms with E-state index in [1.165, 1.54) is 25.7 Å². The second-order valence-electron chi connectivity index (χ2n) is 8.73. The lowest BCUT2D eigenvalue weighted by atomic mass is 10.0. The van der Waals surface area contributed by atoms with Crippen LogP contribution in [0.15, 0.2) is 0 Å². The van der Waals surface area contributed by atoms with Crippen LogP contribution in [-0.2, 0) is 8.23 Å². The maximum atomic E-state index is 6.73. The van der Waals surface area contributed by atoms with Crippen LogP contribution in [0.1, 0.15) is 25.7 Å². The summed E-state index contributed by atoms with van der Waals surface area (Å²) in [5, 5.41) is 0. The van der Waals surface area contributed by atoms with E-state index in [0.717, 1.165) is 17.4 Å². The summed E-state index contributed by atoms with van der Waals surface area (Å²) in [6, 6.07) is 0.